The fourth-order valence-electron chi connectivity index (χ4n) is 2.60. The number of hydrogen-bond acceptors (Lipinski definition) is 5. The van der Waals surface area contributed by atoms with E-state index in [0.29, 0.717) is 30.6 Å². The number of amides is 1. The van der Waals surface area contributed by atoms with Crippen LogP contribution in [0.15, 0.2) is 41.1 Å². The Labute approximate surface area is 166 Å². The Hall–Kier alpha value is -1.93. The minimum Gasteiger partial charge on any atom is -0.489 e. The predicted molar refractivity (Wildman–Crippen MR) is 106 cm³/mol. The molecule has 0 saturated heterocycles. The van der Waals surface area contributed by atoms with Gasteiger partial charge in [0.15, 0.2) is 9.84 Å². The molecule has 1 amide bonds. The zero-order valence-corrected chi connectivity index (χ0v) is 17.1. The summed E-state index contributed by atoms with van der Waals surface area (Å²) in [7, 11) is -3.37. The molecular weight excluding hydrogens is 383 g/mol. The molecule has 2 rings (SSSR count). The van der Waals surface area contributed by atoms with Crippen molar-refractivity contribution in [3.63, 3.8) is 0 Å². The standard InChI is InChI=1S/C20H29FN2O4S/c1-20(9-10-20)19(24)23-11-3-2-4-12-28(25,26)18-7-5-17(6-8-18)27-15-16(13-21)14-22/h5-8,13H,2-4,9-12,14-15,22H2,1H3,(H,23,24)/b16-13+. The molecule has 28 heavy (non-hydrogen) atoms. The summed E-state index contributed by atoms with van der Waals surface area (Å²) in [5.74, 6) is 0.607. The normalized spacial score (nSPS) is 15.9. The second-order valence-corrected chi connectivity index (χ2v) is 9.54. The van der Waals surface area contributed by atoms with Crippen LogP contribution in [-0.4, -0.2) is 39.8 Å². The highest BCUT2D eigenvalue weighted by molar-refractivity contribution is 7.91. The molecule has 6 nitrogen and oxygen atoms in total. The first-order chi connectivity index (χ1) is 13.3. The lowest BCUT2D eigenvalue weighted by molar-refractivity contribution is -0.125. The Morgan fingerprint density at radius 2 is 1.93 bits per heavy atom. The number of carbonyl (C=O) groups excluding carboxylic acids is 1. The van der Waals surface area contributed by atoms with Gasteiger partial charge in [-0.2, -0.15) is 0 Å². The fourth-order valence-corrected chi connectivity index (χ4v) is 3.97. The summed E-state index contributed by atoms with van der Waals surface area (Å²) in [6.45, 7) is 2.62. The summed E-state index contributed by atoms with van der Waals surface area (Å²) in [5.41, 5.74) is 5.50. The molecule has 8 heteroatoms. The number of nitrogens with one attached hydrogen (secondary N) is 1. The minimum atomic E-state index is -3.37. The molecule has 1 aromatic carbocycles. The maximum Gasteiger partial charge on any atom is 0.225 e. The largest absolute Gasteiger partial charge is 0.489 e. The molecule has 3 N–H and O–H groups in total. The van der Waals surface area contributed by atoms with Crippen molar-refractivity contribution in [3.8, 4) is 5.75 Å². The summed E-state index contributed by atoms with van der Waals surface area (Å²) in [6.07, 6.45) is 4.33. The molecule has 0 radical (unpaired) electrons. The van der Waals surface area contributed by atoms with Gasteiger partial charge in [0.2, 0.25) is 5.91 Å². The molecule has 156 valence electrons. The number of sulfone groups is 1. The monoisotopic (exact) mass is 412 g/mol. The van der Waals surface area contributed by atoms with Crippen LogP contribution in [0.2, 0.25) is 0 Å². The predicted octanol–water partition coefficient (Wildman–Crippen LogP) is 2.74. The minimum absolute atomic E-state index is 0.0226. The van der Waals surface area contributed by atoms with Crippen LogP contribution in [0.5, 0.6) is 5.75 Å². The lowest BCUT2D eigenvalue weighted by Crippen LogP contribution is -2.31. The summed E-state index contributed by atoms with van der Waals surface area (Å²) in [5, 5.41) is 2.91. The zero-order chi connectivity index (χ0) is 20.6. The topological polar surface area (TPSA) is 98.5 Å². The highest BCUT2D eigenvalue weighted by Crippen LogP contribution is 2.44. The molecule has 1 fully saturated rings. The van der Waals surface area contributed by atoms with Crippen molar-refractivity contribution in [1.29, 1.82) is 0 Å². The van der Waals surface area contributed by atoms with E-state index in [-0.39, 0.29) is 35.1 Å². The third kappa shape index (κ3) is 6.60. The number of nitrogens with two attached hydrogens (primary N) is 1. The van der Waals surface area contributed by atoms with Crippen LogP contribution in [0.4, 0.5) is 4.39 Å². The summed E-state index contributed by atoms with van der Waals surface area (Å²) in [4.78, 5) is 12.0. The summed E-state index contributed by atoms with van der Waals surface area (Å²) >= 11 is 0. The average molecular weight is 413 g/mol. The fraction of sp³-hybridized carbons (Fsp3) is 0.550. The number of hydrogen-bond donors (Lipinski definition) is 2. The Morgan fingerprint density at radius 1 is 1.25 bits per heavy atom. The van der Waals surface area contributed by atoms with Gasteiger partial charge in [-0.15, -0.1) is 0 Å². The molecule has 0 spiro atoms. The molecular formula is C20H29FN2O4S. The van der Waals surface area contributed by atoms with Gasteiger partial charge in [-0.1, -0.05) is 13.3 Å². The highest BCUT2D eigenvalue weighted by atomic mass is 32.2. The molecule has 0 bridgehead atoms. The van der Waals surface area contributed by atoms with Crippen molar-refractivity contribution in [1.82, 2.24) is 5.32 Å². The van der Waals surface area contributed by atoms with Gasteiger partial charge in [-0.05, 0) is 49.9 Å². The van der Waals surface area contributed by atoms with Crippen molar-refractivity contribution in [2.75, 3.05) is 25.4 Å². The third-order valence-electron chi connectivity index (χ3n) is 4.95. The van der Waals surface area contributed by atoms with Gasteiger partial charge in [0, 0.05) is 24.1 Å². The van der Waals surface area contributed by atoms with Crippen LogP contribution in [-0.2, 0) is 14.6 Å². The number of benzene rings is 1. The van der Waals surface area contributed by atoms with E-state index in [9.17, 15) is 17.6 Å². The van der Waals surface area contributed by atoms with Gasteiger partial charge in [-0.25, -0.2) is 12.8 Å². The number of halogens is 1. The molecule has 1 aromatic rings. The zero-order valence-electron chi connectivity index (χ0n) is 16.2. The Balaban J connectivity index is 1.70. The summed E-state index contributed by atoms with van der Waals surface area (Å²) < 4.78 is 42.6. The molecule has 0 unspecified atom stereocenters. The molecule has 0 heterocycles. The van der Waals surface area contributed by atoms with E-state index in [4.69, 9.17) is 10.5 Å². The van der Waals surface area contributed by atoms with E-state index < -0.39 is 9.84 Å². The van der Waals surface area contributed by atoms with Crippen molar-refractivity contribution >= 4 is 15.7 Å². The molecule has 1 saturated carbocycles. The van der Waals surface area contributed by atoms with E-state index in [2.05, 4.69) is 5.32 Å². The van der Waals surface area contributed by atoms with Crippen LogP contribution in [0, 0.1) is 5.41 Å². The number of ether oxygens (including phenoxy) is 1. The van der Waals surface area contributed by atoms with Gasteiger partial charge < -0.3 is 15.8 Å². The third-order valence-corrected chi connectivity index (χ3v) is 6.76. The van der Waals surface area contributed by atoms with E-state index in [1.165, 1.54) is 12.1 Å². The second-order valence-electron chi connectivity index (χ2n) is 7.43. The van der Waals surface area contributed by atoms with Gasteiger partial charge >= 0.3 is 0 Å². The average Bonchev–Trinajstić information content (AvgIpc) is 3.44. The van der Waals surface area contributed by atoms with Crippen LogP contribution in [0.1, 0.15) is 39.0 Å². The van der Waals surface area contributed by atoms with Gasteiger partial charge in [0.1, 0.15) is 12.4 Å². The smallest absolute Gasteiger partial charge is 0.225 e. The van der Waals surface area contributed by atoms with Crippen molar-refractivity contribution in [2.45, 2.75) is 43.9 Å². The SMILES string of the molecule is CC1(C(=O)NCCCCCS(=O)(=O)c2ccc(OC/C(=C/F)CN)cc2)CC1. The van der Waals surface area contributed by atoms with E-state index in [1.807, 2.05) is 6.92 Å². The molecule has 0 aliphatic heterocycles. The second kappa shape index (κ2) is 10.0. The Kier molecular flexibility index (Phi) is 8.00. The quantitative estimate of drug-likeness (QED) is 0.515. The number of carbonyl (C=O) groups is 1. The first kappa shape index (κ1) is 22.4. The summed E-state index contributed by atoms with van der Waals surface area (Å²) in [6, 6.07) is 6.07. The van der Waals surface area contributed by atoms with Crippen LogP contribution < -0.4 is 15.8 Å². The lowest BCUT2D eigenvalue weighted by atomic mass is 10.1. The van der Waals surface area contributed by atoms with E-state index in [1.54, 1.807) is 12.1 Å². The molecule has 0 atom stereocenters. The van der Waals surface area contributed by atoms with Gasteiger partial charge in [0.25, 0.3) is 0 Å². The lowest BCUT2D eigenvalue weighted by Gasteiger charge is -2.10. The first-order valence-corrected chi connectivity index (χ1v) is 11.2. The maximum absolute atomic E-state index is 12.4. The Morgan fingerprint density at radius 3 is 2.50 bits per heavy atom. The maximum atomic E-state index is 12.4. The van der Waals surface area contributed by atoms with Gasteiger partial charge in [-0.3, -0.25) is 4.79 Å². The van der Waals surface area contributed by atoms with Crippen molar-refractivity contribution in [3.05, 3.63) is 36.2 Å². The first-order valence-electron chi connectivity index (χ1n) is 9.53. The molecule has 1 aliphatic carbocycles. The Bertz CT molecular complexity index is 787. The molecule has 1 aliphatic rings. The number of rotatable bonds is 12. The van der Waals surface area contributed by atoms with Gasteiger partial charge in [0.05, 0.1) is 17.0 Å². The highest BCUT2D eigenvalue weighted by Gasteiger charge is 2.44. The number of unbranched alkanes of at least 4 members (excludes halogenated alkanes) is 2. The van der Waals surface area contributed by atoms with Crippen molar-refractivity contribution in [2.24, 2.45) is 11.1 Å². The van der Waals surface area contributed by atoms with E-state index in [0.717, 1.165) is 25.7 Å². The van der Waals surface area contributed by atoms with Crippen LogP contribution >= 0.6 is 0 Å². The van der Waals surface area contributed by atoms with Crippen molar-refractivity contribution < 1.29 is 22.3 Å². The van der Waals surface area contributed by atoms with Crippen LogP contribution in [0.25, 0.3) is 0 Å². The molecule has 0 aromatic heterocycles. The van der Waals surface area contributed by atoms with E-state index >= 15 is 0 Å². The van der Waals surface area contributed by atoms with Crippen LogP contribution in [0.3, 0.4) is 0 Å².